The molecule has 0 radical (unpaired) electrons. The van der Waals surface area contributed by atoms with Crippen molar-refractivity contribution in [2.45, 2.75) is 50.4 Å². The van der Waals surface area contributed by atoms with E-state index in [4.69, 9.17) is 0 Å². The lowest BCUT2D eigenvalue weighted by molar-refractivity contribution is 0.607. The molecule has 94 valence electrons. The zero-order valence-electron chi connectivity index (χ0n) is 11.0. The van der Waals surface area contributed by atoms with E-state index in [1.165, 1.54) is 49.7 Å². The van der Waals surface area contributed by atoms with Gasteiger partial charge in [-0.3, -0.25) is 0 Å². The van der Waals surface area contributed by atoms with Crippen molar-refractivity contribution in [3.63, 3.8) is 0 Å². The van der Waals surface area contributed by atoms with Crippen LogP contribution in [0.4, 0.5) is 0 Å². The maximum atomic E-state index is 2.37. The quantitative estimate of drug-likeness (QED) is 0.610. The summed E-state index contributed by atoms with van der Waals surface area (Å²) in [7, 11) is 0. The second-order valence-corrected chi connectivity index (χ2v) is 5.63. The van der Waals surface area contributed by atoms with Crippen LogP contribution in [0.25, 0.3) is 0 Å². The van der Waals surface area contributed by atoms with Crippen LogP contribution in [-0.4, -0.2) is 0 Å². The van der Waals surface area contributed by atoms with Gasteiger partial charge in [-0.25, -0.2) is 0 Å². The lowest BCUT2D eigenvalue weighted by Crippen LogP contribution is -2.03. The summed E-state index contributed by atoms with van der Waals surface area (Å²) in [5, 5.41) is 0. The average Bonchev–Trinajstić information content (AvgIpc) is 2.49. The Morgan fingerprint density at radius 3 is 1.39 bits per heavy atom. The topological polar surface area (TPSA) is 0 Å². The van der Waals surface area contributed by atoms with Gasteiger partial charge in [-0.15, -0.1) is 0 Å². The van der Waals surface area contributed by atoms with Crippen LogP contribution >= 0.6 is 0 Å². The molecule has 1 aromatic carbocycles. The fourth-order valence-electron chi connectivity index (χ4n) is 3.23. The van der Waals surface area contributed by atoms with E-state index in [0.717, 1.165) is 11.8 Å². The number of hydrogen-bond acceptors (Lipinski definition) is 0. The van der Waals surface area contributed by atoms with Gasteiger partial charge in [0, 0.05) is 0 Å². The molecular weight excluding hydrogens is 216 g/mol. The fraction of sp³-hybridized carbons (Fsp3) is 0.444. The van der Waals surface area contributed by atoms with Crippen molar-refractivity contribution < 1.29 is 0 Å². The van der Waals surface area contributed by atoms with Crippen LogP contribution in [0.3, 0.4) is 0 Å². The number of hydrogen-bond donors (Lipinski definition) is 0. The summed E-state index contributed by atoms with van der Waals surface area (Å²) in [6.07, 6.45) is 16.9. The van der Waals surface area contributed by atoms with Crippen molar-refractivity contribution in [1.82, 2.24) is 0 Å². The molecule has 0 amide bonds. The number of benzene rings is 1. The highest BCUT2D eigenvalue weighted by Crippen LogP contribution is 2.32. The normalized spacial score (nSPS) is 27.3. The van der Waals surface area contributed by atoms with Gasteiger partial charge in [-0.1, -0.05) is 48.6 Å². The summed E-state index contributed by atoms with van der Waals surface area (Å²) in [6, 6.07) is 9.49. The lowest BCUT2D eigenvalue weighted by atomic mass is 9.84. The van der Waals surface area contributed by atoms with E-state index in [0.29, 0.717) is 0 Å². The molecule has 2 aliphatic carbocycles. The Balaban J connectivity index is 1.72. The van der Waals surface area contributed by atoms with Gasteiger partial charge in [0.25, 0.3) is 0 Å². The lowest BCUT2D eigenvalue weighted by Gasteiger charge is -2.21. The maximum Gasteiger partial charge on any atom is -0.0124 e. The Morgan fingerprint density at radius 1 is 0.611 bits per heavy atom. The van der Waals surface area contributed by atoms with Crippen molar-refractivity contribution in [2.75, 3.05) is 0 Å². The Hall–Kier alpha value is -1.30. The number of allylic oxidation sites excluding steroid dienone is 4. The molecule has 0 heterocycles. The Kier molecular flexibility index (Phi) is 3.64. The summed E-state index contributed by atoms with van der Waals surface area (Å²) in [6.45, 7) is 0. The van der Waals surface area contributed by atoms with Crippen LogP contribution < -0.4 is 0 Å². The van der Waals surface area contributed by atoms with Gasteiger partial charge in [0.15, 0.2) is 0 Å². The van der Waals surface area contributed by atoms with E-state index in [1.54, 1.807) is 0 Å². The van der Waals surface area contributed by atoms with E-state index in [2.05, 4.69) is 48.6 Å². The first-order valence-electron chi connectivity index (χ1n) is 7.33. The highest BCUT2D eigenvalue weighted by molar-refractivity contribution is 5.29. The standard InChI is InChI=1S/C18H22/c1-3-7-15(8-4-1)17-11-13-18(14-12-17)16-9-5-2-6-10-16/h1-3,5,11-16H,4,6-10H2. The summed E-state index contributed by atoms with van der Waals surface area (Å²) in [5.41, 5.74) is 3.07. The fourth-order valence-corrected chi connectivity index (χ4v) is 3.23. The molecule has 1 aromatic rings. The molecule has 0 fully saturated rings. The van der Waals surface area contributed by atoms with Gasteiger partial charge in [0.05, 0.1) is 0 Å². The second kappa shape index (κ2) is 5.56. The predicted molar refractivity (Wildman–Crippen MR) is 77.9 cm³/mol. The molecule has 2 aliphatic rings. The molecule has 0 nitrogen and oxygen atoms in total. The van der Waals surface area contributed by atoms with Crippen LogP contribution in [-0.2, 0) is 0 Å². The minimum absolute atomic E-state index is 0.760. The monoisotopic (exact) mass is 238 g/mol. The molecule has 0 saturated heterocycles. The first kappa shape index (κ1) is 11.8. The molecule has 2 atom stereocenters. The Morgan fingerprint density at radius 2 is 1.06 bits per heavy atom. The van der Waals surface area contributed by atoms with Gasteiger partial charge in [-0.05, 0) is 61.5 Å². The molecular formula is C18H22. The van der Waals surface area contributed by atoms with Crippen LogP contribution in [0.15, 0.2) is 48.6 Å². The molecule has 0 spiro atoms. The van der Waals surface area contributed by atoms with E-state index in [-0.39, 0.29) is 0 Å². The molecule has 0 saturated carbocycles. The third-order valence-electron chi connectivity index (χ3n) is 4.42. The Labute approximate surface area is 110 Å². The first-order chi connectivity index (χ1) is 8.93. The molecule has 0 aliphatic heterocycles. The highest BCUT2D eigenvalue weighted by Gasteiger charge is 2.15. The largest absolute Gasteiger partial charge is 0.0885 e. The summed E-state index contributed by atoms with van der Waals surface area (Å²) in [4.78, 5) is 0. The van der Waals surface area contributed by atoms with E-state index < -0.39 is 0 Å². The molecule has 0 heteroatoms. The van der Waals surface area contributed by atoms with E-state index in [9.17, 15) is 0 Å². The van der Waals surface area contributed by atoms with Crippen molar-refractivity contribution in [2.24, 2.45) is 0 Å². The average molecular weight is 238 g/mol. The van der Waals surface area contributed by atoms with Crippen LogP contribution in [0.2, 0.25) is 0 Å². The number of rotatable bonds is 2. The molecule has 2 unspecified atom stereocenters. The van der Waals surface area contributed by atoms with Crippen molar-refractivity contribution in [3.05, 3.63) is 59.7 Å². The molecule has 0 N–H and O–H groups in total. The van der Waals surface area contributed by atoms with Gasteiger partial charge in [0.1, 0.15) is 0 Å². The minimum atomic E-state index is 0.760. The van der Waals surface area contributed by atoms with E-state index >= 15 is 0 Å². The summed E-state index contributed by atoms with van der Waals surface area (Å²) in [5.74, 6) is 1.52. The smallest absolute Gasteiger partial charge is 0.0124 e. The maximum absolute atomic E-state index is 2.37. The zero-order chi connectivity index (χ0) is 12.2. The zero-order valence-corrected chi connectivity index (χ0v) is 11.0. The SMILES string of the molecule is C1=CCC(c2ccc(C3CC=CCC3)cc2)CC1. The minimum Gasteiger partial charge on any atom is -0.0885 e. The third kappa shape index (κ3) is 2.58. The first-order valence-corrected chi connectivity index (χ1v) is 7.33. The van der Waals surface area contributed by atoms with Gasteiger partial charge >= 0.3 is 0 Å². The van der Waals surface area contributed by atoms with Crippen molar-refractivity contribution >= 4 is 0 Å². The van der Waals surface area contributed by atoms with Crippen LogP contribution in [0.1, 0.15) is 61.5 Å². The van der Waals surface area contributed by atoms with E-state index in [1.807, 2.05) is 0 Å². The van der Waals surface area contributed by atoms with Gasteiger partial charge in [0.2, 0.25) is 0 Å². The van der Waals surface area contributed by atoms with Crippen molar-refractivity contribution in [3.8, 4) is 0 Å². The Bertz CT molecular complexity index is 393. The molecule has 3 rings (SSSR count). The van der Waals surface area contributed by atoms with Crippen LogP contribution in [0, 0.1) is 0 Å². The molecule has 0 bridgehead atoms. The van der Waals surface area contributed by atoms with Crippen molar-refractivity contribution in [1.29, 1.82) is 0 Å². The van der Waals surface area contributed by atoms with Gasteiger partial charge < -0.3 is 0 Å². The van der Waals surface area contributed by atoms with Crippen LogP contribution in [0.5, 0.6) is 0 Å². The third-order valence-corrected chi connectivity index (χ3v) is 4.42. The predicted octanol–water partition coefficient (Wildman–Crippen LogP) is 5.33. The molecule has 18 heavy (non-hydrogen) atoms. The molecule has 0 aromatic heterocycles. The summed E-state index contributed by atoms with van der Waals surface area (Å²) < 4.78 is 0. The highest BCUT2D eigenvalue weighted by atomic mass is 14.2. The summed E-state index contributed by atoms with van der Waals surface area (Å²) >= 11 is 0. The van der Waals surface area contributed by atoms with Gasteiger partial charge in [-0.2, -0.15) is 0 Å². The second-order valence-electron chi connectivity index (χ2n) is 5.63.